The summed E-state index contributed by atoms with van der Waals surface area (Å²) >= 11 is 0. The standard InChI is InChI=1S/C36H22O/c1-2-11-26-23(8-1)18-20-31-29(26)14-7-15-30(31)28-13-4-3-12-27(28)25-19-21-34-33(22-25)32-16-5-9-24-10-6-17-35(37-34)36(24)32/h1-22H. The molecule has 7 aromatic rings. The SMILES string of the molecule is c1ccc(-c2cccc3c2ccc2ccccc23)c(-c2ccc3c(c2)-c2cccc4cccc(c24)O3)c1. The van der Waals surface area contributed by atoms with Gasteiger partial charge in [-0.05, 0) is 72.9 Å². The topological polar surface area (TPSA) is 9.23 Å². The van der Waals surface area contributed by atoms with Crippen molar-refractivity contribution in [3.63, 3.8) is 0 Å². The van der Waals surface area contributed by atoms with E-state index >= 15 is 0 Å². The number of fused-ring (bicyclic) bond motifs is 5. The van der Waals surface area contributed by atoms with Gasteiger partial charge in [0.1, 0.15) is 11.5 Å². The van der Waals surface area contributed by atoms with Crippen LogP contribution in [0, 0.1) is 0 Å². The van der Waals surface area contributed by atoms with E-state index in [1.165, 1.54) is 60.1 Å². The molecule has 0 aromatic heterocycles. The Kier molecular flexibility index (Phi) is 4.29. The van der Waals surface area contributed by atoms with Gasteiger partial charge in [-0.2, -0.15) is 0 Å². The molecule has 0 atom stereocenters. The molecule has 0 fully saturated rings. The van der Waals surface area contributed by atoms with E-state index in [0.29, 0.717) is 0 Å². The summed E-state index contributed by atoms with van der Waals surface area (Å²) in [5.74, 6) is 1.83. The highest BCUT2D eigenvalue weighted by molar-refractivity contribution is 6.13. The van der Waals surface area contributed by atoms with Gasteiger partial charge in [0, 0.05) is 10.9 Å². The number of ether oxygens (including phenoxy) is 1. The minimum absolute atomic E-state index is 0.907. The van der Waals surface area contributed by atoms with Gasteiger partial charge in [-0.15, -0.1) is 0 Å². The highest BCUT2D eigenvalue weighted by atomic mass is 16.5. The van der Waals surface area contributed by atoms with E-state index < -0.39 is 0 Å². The molecule has 0 saturated carbocycles. The van der Waals surface area contributed by atoms with Gasteiger partial charge in [-0.25, -0.2) is 0 Å². The lowest BCUT2D eigenvalue weighted by Crippen LogP contribution is -1.97. The van der Waals surface area contributed by atoms with Crippen molar-refractivity contribution >= 4 is 32.3 Å². The van der Waals surface area contributed by atoms with Gasteiger partial charge in [-0.3, -0.25) is 0 Å². The lowest BCUT2D eigenvalue weighted by atomic mass is 9.88. The van der Waals surface area contributed by atoms with Crippen LogP contribution >= 0.6 is 0 Å². The molecule has 0 amide bonds. The van der Waals surface area contributed by atoms with E-state index in [2.05, 4.69) is 133 Å². The van der Waals surface area contributed by atoms with E-state index in [1.807, 2.05) is 0 Å². The van der Waals surface area contributed by atoms with Crippen molar-refractivity contribution in [1.29, 1.82) is 0 Å². The summed E-state index contributed by atoms with van der Waals surface area (Å²) in [7, 11) is 0. The summed E-state index contributed by atoms with van der Waals surface area (Å²) in [5, 5.41) is 7.50. The van der Waals surface area contributed by atoms with E-state index in [1.54, 1.807) is 0 Å². The second-order valence-corrected chi connectivity index (χ2v) is 9.71. The zero-order chi connectivity index (χ0) is 24.3. The van der Waals surface area contributed by atoms with Gasteiger partial charge in [0.05, 0.1) is 0 Å². The van der Waals surface area contributed by atoms with Crippen molar-refractivity contribution in [2.24, 2.45) is 0 Å². The lowest BCUT2D eigenvalue weighted by molar-refractivity contribution is 0.487. The predicted molar refractivity (Wildman–Crippen MR) is 155 cm³/mol. The van der Waals surface area contributed by atoms with Crippen molar-refractivity contribution < 1.29 is 4.74 Å². The normalized spacial score (nSPS) is 12.0. The molecular weight excluding hydrogens is 448 g/mol. The number of rotatable bonds is 2. The summed E-state index contributed by atoms with van der Waals surface area (Å²) in [6, 6.07) is 47.9. The molecule has 0 spiro atoms. The van der Waals surface area contributed by atoms with E-state index in [-0.39, 0.29) is 0 Å². The third kappa shape index (κ3) is 3.04. The fraction of sp³-hybridized carbons (Fsp3) is 0. The van der Waals surface area contributed by atoms with Gasteiger partial charge in [0.25, 0.3) is 0 Å². The van der Waals surface area contributed by atoms with Crippen molar-refractivity contribution in [1.82, 2.24) is 0 Å². The van der Waals surface area contributed by atoms with Crippen LogP contribution in [0.2, 0.25) is 0 Å². The molecule has 1 nitrogen and oxygen atoms in total. The lowest BCUT2D eigenvalue weighted by Gasteiger charge is -2.22. The maximum atomic E-state index is 6.35. The Labute approximate surface area is 215 Å². The third-order valence-electron chi connectivity index (χ3n) is 7.67. The molecule has 0 saturated heterocycles. The third-order valence-corrected chi connectivity index (χ3v) is 7.67. The van der Waals surface area contributed by atoms with Crippen LogP contribution in [0.1, 0.15) is 0 Å². The van der Waals surface area contributed by atoms with Crippen LogP contribution in [0.15, 0.2) is 133 Å². The summed E-state index contributed by atoms with van der Waals surface area (Å²) < 4.78 is 6.35. The molecule has 1 heteroatoms. The molecule has 8 rings (SSSR count). The summed E-state index contributed by atoms with van der Waals surface area (Å²) in [4.78, 5) is 0. The Bertz CT molecular complexity index is 2010. The monoisotopic (exact) mass is 470 g/mol. The fourth-order valence-electron chi connectivity index (χ4n) is 5.98. The smallest absolute Gasteiger partial charge is 0.135 e. The molecule has 1 aliphatic rings. The highest BCUT2D eigenvalue weighted by Crippen LogP contribution is 2.48. The van der Waals surface area contributed by atoms with Crippen LogP contribution < -0.4 is 4.74 Å². The van der Waals surface area contributed by atoms with Gasteiger partial charge in [0.15, 0.2) is 0 Å². The molecule has 1 heterocycles. The van der Waals surface area contributed by atoms with E-state index in [0.717, 1.165) is 17.1 Å². The molecule has 0 N–H and O–H groups in total. The van der Waals surface area contributed by atoms with Crippen LogP contribution in [-0.2, 0) is 0 Å². The molecule has 172 valence electrons. The predicted octanol–water partition coefficient (Wildman–Crippen LogP) is 10.3. The quantitative estimate of drug-likeness (QED) is 0.228. The zero-order valence-corrected chi connectivity index (χ0v) is 20.1. The van der Waals surface area contributed by atoms with Crippen molar-refractivity contribution in [2.75, 3.05) is 0 Å². The van der Waals surface area contributed by atoms with Crippen LogP contribution in [0.4, 0.5) is 0 Å². The molecule has 37 heavy (non-hydrogen) atoms. The Morgan fingerprint density at radius 3 is 2.00 bits per heavy atom. The molecule has 0 radical (unpaired) electrons. The first-order valence-corrected chi connectivity index (χ1v) is 12.7. The van der Waals surface area contributed by atoms with Crippen LogP contribution in [-0.4, -0.2) is 0 Å². The van der Waals surface area contributed by atoms with Gasteiger partial charge in [-0.1, -0.05) is 115 Å². The molecule has 0 unspecified atom stereocenters. The molecule has 0 aliphatic carbocycles. The minimum atomic E-state index is 0.907. The summed E-state index contributed by atoms with van der Waals surface area (Å²) in [6.45, 7) is 0. The maximum Gasteiger partial charge on any atom is 0.135 e. The maximum absolute atomic E-state index is 6.35. The summed E-state index contributed by atoms with van der Waals surface area (Å²) in [6.07, 6.45) is 0. The van der Waals surface area contributed by atoms with Gasteiger partial charge < -0.3 is 4.74 Å². The Hall–Kier alpha value is -4.88. The van der Waals surface area contributed by atoms with Crippen molar-refractivity contribution in [3.05, 3.63) is 133 Å². The van der Waals surface area contributed by atoms with Gasteiger partial charge >= 0.3 is 0 Å². The number of hydrogen-bond donors (Lipinski definition) is 0. The van der Waals surface area contributed by atoms with Gasteiger partial charge in [0.2, 0.25) is 0 Å². The van der Waals surface area contributed by atoms with Crippen molar-refractivity contribution in [2.45, 2.75) is 0 Å². The Morgan fingerprint density at radius 2 is 1.05 bits per heavy atom. The van der Waals surface area contributed by atoms with Crippen molar-refractivity contribution in [3.8, 4) is 44.9 Å². The second-order valence-electron chi connectivity index (χ2n) is 9.71. The largest absolute Gasteiger partial charge is 0.456 e. The minimum Gasteiger partial charge on any atom is -0.456 e. The fourth-order valence-corrected chi connectivity index (χ4v) is 5.98. The first-order chi connectivity index (χ1) is 18.3. The second kappa shape index (κ2) is 7.81. The first-order valence-electron chi connectivity index (χ1n) is 12.7. The number of benzene rings is 7. The first kappa shape index (κ1) is 20.3. The van der Waals surface area contributed by atoms with Crippen LogP contribution in [0.5, 0.6) is 11.5 Å². The molecule has 0 bridgehead atoms. The molecular formula is C36H22O. The summed E-state index contributed by atoms with van der Waals surface area (Å²) in [5.41, 5.74) is 7.26. The molecule has 1 aliphatic heterocycles. The van der Waals surface area contributed by atoms with E-state index in [9.17, 15) is 0 Å². The highest BCUT2D eigenvalue weighted by Gasteiger charge is 2.21. The zero-order valence-electron chi connectivity index (χ0n) is 20.1. The Morgan fingerprint density at radius 1 is 0.351 bits per heavy atom. The van der Waals surface area contributed by atoms with E-state index in [4.69, 9.17) is 4.74 Å². The number of hydrogen-bond acceptors (Lipinski definition) is 1. The average molecular weight is 471 g/mol. The Balaban J connectivity index is 1.35. The van der Waals surface area contributed by atoms with Crippen LogP contribution in [0.3, 0.4) is 0 Å². The molecule has 7 aromatic carbocycles. The van der Waals surface area contributed by atoms with Crippen LogP contribution in [0.25, 0.3) is 65.7 Å². The average Bonchev–Trinajstić information content (AvgIpc) is 2.97.